The lowest BCUT2D eigenvalue weighted by Gasteiger charge is -2.42. The van der Waals surface area contributed by atoms with Crippen LogP contribution in [0.1, 0.15) is 44.7 Å². The van der Waals surface area contributed by atoms with E-state index in [1.165, 1.54) is 11.1 Å². The topological polar surface area (TPSA) is 46.5 Å². The maximum Gasteiger partial charge on any atom is 0.303 e. The van der Waals surface area contributed by atoms with Gasteiger partial charge in [-0.1, -0.05) is 45.0 Å². The van der Waals surface area contributed by atoms with E-state index < -0.39 is 5.97 Å². The minimum atomic E-state index is -0.738. The zero-order valence-corrected chi connectivity index (χ0v) is 11.9. The maximum atomic E-state index is 10.8. The molecule has 19 heavy (non-hydrogen) atoms. The number of carboxylic acid groups (broad SMARTS) is 1. The quantitative estimate of drug-likeness (QED) is 0.907. The van der Waals surface area contributed by atoms with Crippen molar-refractivity contribution in [3.05, 3.63) is 35.4 Å². The van der Waals surface area contributed by atoms with Crippen LogP contribution < -0.4 is 0 Å². The first-order valence-electron chi connectivity index (χ1n) is 6.74. The first-order chi connectivity index (χ1) is 8.83. The van der Waals surface area contributed by atoms with Crippen molar-refractivity contribution in [2.75, 3.05) is 13.2 Å². The van der Waals surface area contributed by atoms with Crippen molar-refractivity contribution in [3.63, 3.8) is 0 Å². The van der Waals surface area contributed by atoms with Crippen LogP contribution >= 0.6 is 0 Å². The third-order valence-corrected chi connectivity index (χ3v) is 3.94. The highest BCUT2D eigenvalue weighted by Gasteiger charge is 2.40. The summed E-state index contributed by atoms with van der Waals surface area (Å²) in [6, 6.07) is 8.56. The minimum Gasteiger partial charge on any atom is -0.481 e. The van der Waals surface area contributed by atoms with Crippen LogP contribution in [0.4, 0.5) is 0 Å². The van der Waals surface area contributed by atoms with Crippen molar-refractivity contribution >= 4 is 5.97 Å². The standard InChI is InChI=1S/C16H22O3/c1-15(2,3)12-4-6-13(7-5-12)16(10-19-11-16)9-8-14(17)18/h4-7H,8-11H2,1-3H3,(H,17,18). The van der Waals surface area contributed by atoms with Crippen LogP contribution in [-0.2, 0) is 20.4 Å². The number of hydrogen-bond donors (Lipinski definition) is 1. The van der Waals surface area contributed by atoms with E-state index in [1.807, 2.05) is 0 Å². The van der Waals surface area contributed by atoms with Gasteiger partial charge in [-0.3, -0.25) is 4.79 Å². The van der Waals surface area contributed by atoms with Crippen LogP contribution in [0, 0.1) is 0 Å². The van der Waals surface area contributed by atoms with Gasteiger partial charge < -0.3 is 9.84 Å². The number of benzene rings is 1. The first kappa shape index (κ1) is 14.1. The average molecular weight is 262 g/mol. The molecule has 0 saturated carbocycles. The second kappa shape index (κ2) is 4.97. The molecule has 0 spiro atoms. The highest BCUT2D eigenvalue weighted by Crippen LogP contribution is 2.37. The van der Waals surface area contributed by atoms with Crippen LogP contribution in [0.5, 0.6) is 0 Å². The lowest BCUT2D eigenvalue weighted by Crippen LogP contribution is -2.47. The van der Waals surface area contributed by atoms with Crippen LogP contribution in [0.25, 0.3) is 0 Å². The van der Waals surface area contributed by atoms with Gasteiger partial charge in [-0.25, -0.2) is 0 Å². The number of carbonyl (C=O) groups is 1. The summed E-state index contributed by atoms with van der Waals surface area (Å²) >= 11 is 0. The van der Waals surface area contributed by atoms with Gasteiger partial charge in [0.25, 0.3) is 0 Å². The second-order valence-corrected chi connectivity index (χ2v) is 6.49. The molecule has 1 N–H and O–H groups in total. The van der Waals surface area contributed by atoms with Gasteiger partial charge in [0, 0.05) is 11.8 Å². The molecule has 1 saturated heterocycles. The Bertz CT molecular complexity index is 450. The van der Waals surface area contributed by atoms with Crippen LogP contribution in [-0.4, -0.2) is 24.3 Å². The Morgan fingerprint density at radius 2 is 1.84 bits per heavy atom. The van der Waals surface area contributed by atoms with Gasteiger partial charge in [-0.2, -0.15) is 0 Å². The predicted octanol–water partition coefficient (Wildman–Crippen LogP) is 3.12. The number of ether oxygens (including phenoxy) is 1. The summed E-state index contributed by atoms with van der Waals surface area (Å²) < 4.78 is 5.33. The summed E-state index contributed by atoms with van der Waals surface area (Å²) in [6.07, 6.45) is 0.849. The van der Waals surface area contributed by atoms with Gasteiger partial charge >= 0.3 is 5.97 Å². The molecule has 0 aliphatic carbocycles. The summed E-state index contributed by atoms with van der Waals surface area (Å²) in [5.74, 6) is -0.738. The minimum absolute atomic E-state index is 0.0885. The molecule has 0 bridgehead atoms. The third-order valence-electron chi connectivity index (χ3n) is 3.94. The fourth-order valence-electron chi connectivity index (χ4n) is 2.47. The second-order valence-electron chi connectivity index (χ2n) is 6.49. The third kappa shape index (κ3) is 2.98. The molecule has 1 aromatic carbocycles. The Balaban J connectivity index is 2.17. The molecule has 1 aliphatic rings. The molecule has 0 radical (unpaired) electrons. The zero-order valence-electron chi connectivity index (χ0n) is 11.9. The van der Waals surface area contributed by atoms with Crippen molar-refractivity contribution in [3.8, 4) is 0 Å². The number of hydrogen-bond acceptors (Lipinski definition) is 2. The molecule has 3 heteroatoms. The number of rotatable bonds is 4. The smallest absolute Gasteiger partial charge is 0.303 e. The Kier molecular flexibility index (Phi) is 3.68. The van der Waals surface area contributed by atoms with Crippen LogP contribution in [0.15, 0.2) is 24.3 Å². The molecule has 3 nitrogen and oxygen atoms in total. The van der Waals surface area contributed by atoms with E-state index in [1.54, 1.807) is 0 Å². The molecular weight excluding hydrogens is 240 g/mol. The molecule has 1 fully saturated rings. The van der Waals surface area contributed by atoms with Gasteiger partial charge in [0.05, 0.1) is 13.2 Å². The molecule has 104 valence electrons. The Labute approximate surface area is 114 Å². The van der Waals surface area contributed by atoms with Crippen molar-refractivity contribution < 1.29 is 14.6 Å². The van der Waals surface area contributed by atoms with Gasteiger partial charge in [0.2, 0.25) is 0 Å². The SMILES string of the molecule is CC(C)(C)c1ccc(C2(CCC(=O)O)COC2)cc1. The van der Waals surface area contributed by atoms with E-state index >= 15 is 0 Å². The van der Waals surface area contributed by atoms with E-state index in [-0.39, 0.29) is 17.3 Å². The lowest BCUT2D eigenvalue weighted by atomic mass is 9.74. The van der Waals surface area contributed by atoms with E-state index in [0.717, 1.165) is 0 Å². The highest BCUT2D eigenvalue weighted by molar-refractivity contribution is 5.67. The fourth-order valence-corrected chi connectivity index (χ4v) is 2.47. The van der Waals surface area contributed by atoms with Crippen LogP contribution in [0.3, 0.4) is 0 Å². The summed E-state index contributed by atoms with van der Waals surface area (Å²) in [5, 5.41) is 8.85. The van der Waals surface area contributed by atoms with Crippen molar-refractivity contribution in [1.82, 2.24) is 0 Å². The molecular formula is C16H22O3. The zero-order chi connectivity index (χ0) is 14.1. The summed E-state index contributed by atoms with van der Waals surface area (Å²) in [7, 11) is 0. The van der Waals surface area contributed by atoms with E-state index in [0.29, 0.717) is 19.6 Å². The first-order valence-corrected chi connectivity index (χ1v) is 6.74. The lowest BCUT2D eigenvalue weighted by molar-refractivity contribution is -0.139. The molecule has 0 amide bonds. The van der Waals surface area contributed by atoms with Crippen molar-refractivity contribution in [2.45, 2.75) is 44.4 Å². The van der Waals surface area contributed by atoms with Gasteiger partial charge in [-0.15, -0.1) is 0 Å². The Morgan fingerprint density at radius 1 is 1.26 bits per heavy atom. The number of aliphatic carboxylic acids is 1. The number of carboxylic acids is 1. The molecule has 0 unspecified atom stereocenters. The normalized spacial score (nSPS) is 17.8. The fraction of sp³-hybridized carbons (Fsp3) is 0.562. The monoisotopic (exact) mass is 262 g/mol. The van der Waals surface area contributed by atoms with Crippen molar-refractivity contribution in [1.29, 1.82) is 0 Å². The van der Waals surface area contributed by atoms with E-state index in [9.17, 15) is 4.79 Å². The molecule has 1 aliphatic heterocycles. The Hall–Kier alpha value is -1.35. The molecule has 0 aromatic heterocycles. The summed E-state index contributed by atoms with van der Waals surface area (Å²) in [6.45, 7) is 7.84. The van der Waals surface area contributed by atoms with Gasteiger partial charge in [0.1, 0.15) is 0 Å². The molecule has 0 atom stereocenters. The highest BCUT2D eigenvalue weighted by atomic mass is 16.5. The summed E-state index contributed by atoms with van der Waals surface area (Å²) in [4.78, 5) is 10.8. The average Bonchev–Trinajstić information content (AvgIpc) is 2.26. The molecule has 1 aromatic rings. The molecule has 1 heterocycles. The largest absolute Gasteiger partial charge is 0.481 e. The maximum absolute atomic E-state index is 10.8. The predicted molar refractivity (Wildman–Crippen MR) is 74.5 cm³/mol. The van der Waals surface area contributed by atoms with Gasteiger partial charge in [-0.05, 0) is 23.0 Å². The summed E-state index contributed by atoms with van der Waals surface area (Å²) in [5.41, 5.74) is 2.55. The van der Waals surface area contributed by atoms with Gasteiger partial charge in [0.15, 0.2) is 0 Å². The van der Waals surface area contributed by atoms with Crippen molar-refractivity contribution in [2.24, 2.45) is 0 Å². The van der Waals surface area contributed by atoms with E-state index in [2.05, 4.69) is 45.0 Å². The Morgan fingerprint density at radius 3 is 2.21 bits per heavy atom. The van der Waals surface area contributed by atoms with E-state index in [4.69, 9.17) is 9.84 Å². The van der Waals surface area contributed by atoms with Crippen LogP contribution in [0.2, 0.25) is 0 Å². The molecule has 2 rings (SSSR count).